The van der Waals surface area contributed by atoms with Gasteiger partial charge in [0, 0.05) is 22.0 Å². The van der Waals surface area contributed by atoms with Gasteiger partial charge in [0.05, 0.1) is 5.56 Å². The smallest absolute Gasteiger partial charge is 0.344 e. The number of hydrogen-bond acceptors (Lipinski definition) is 4. The van der Waals surface area contributed by atoms with E-state index in [1.165, 1.54) is 12.1 Å². The Hall–Kier alpha value is -2.40. The van der Waals surface area contributed by atoms with Crippen molar-refractivity contribution in [1.29, 1.82) is 0 Å². The first-order chi connectivity index (χ1) is 10.1. The average molecular weight is 345 g/mol. The highest BCUT2D eigenvalue weighted by atomic mass is 79.9. The van der Waals surface area contributed by atoms with Gasteiger partial charge in [-0.3, -0.25) is 0 Å². The van der Waals surface area contributed by atoms with Gasteiger partial charge in [0.15, 0.2) is 0 Å². The average Bonchev–Trinajstić information content (AvgIpc) is 2.47. The molecule has 0 unspecified atom stereocenters. The zero-order valence-corrected chi connectivity index (χ0v) is 12.3. The molecule has 0 amide bonds. The van der Waals surface area contributed by atoms with Gasteiger partial charge in [-0.05, 0) is 46.3 Å². The number of benzene rings is 2. The maximum Gasteiger partial charge on any atom is 0.344 e. The fourth-order valence-electron chi connectivity index (χ4n) is 1.89. The monoisotopic (exact) mass is 344 g/mol. The molecule has 0 aliphatic rings. The minimum atomic E-state index is -0.486. The third-order valence-corrected chi connectivity index (χ3v) is 3.59. The van der Waals surface area contributed by atoms with E-state index in [2.05, 4.69) is 15.9 Å². The second-order valence-electron chi connectivity index (χ2n) is 4.32. The molecule has 104 valence electrons. The van der Waals surface area contributed by atoms with E-state index in [0.717, 1.165) is 5.39 Å². The van der Waals surface area contributed by atoms with E-state index >= 15 is 0 Å². The number of carbonyl (C=O) groups is 1. The highest BCUT2D eigenvalue weighted by Crippen LogP contribution is 2.22. The summed E-state index contributed by atoms with van der Waals surface area (Å²) in [4.78, 5) is 23.3. The number of carbonyl (C=O) groups excluding carboxylic acids is 1. The van der Waals surface area contributed by atoms with Gasteiger partial charge in [0.25, 0.3) is 0 Å². The molecule has 0 aliphatic carbocycles. The van der Waals surface area contributed by atoms with E-state index in [1.807, 2.05) is 6.07 Å². The van der Waals surface area contributed by atoms with Crippen LogP contribution in [0.3, 0.4) is 0 Å². The first kappa shape index (κ1) is 13.6. The predicted octanol–water partition coefficient (Wildman–Crippen LogP) is 3.77. The molecule has 4 nitrogen and oxygen atoms in total. The van der Waals surface area contributed by atoms with Gasteiger partial charge < -0.3 is 9.15 Å². The van der Waals surface area contributed by atoms with Crippen LogP contribution < -0.4 is 10.4 Å². The lowest BCUT2D eigenvalue weighted by Gasteiger charge is -2.06. The minimum Gasteiger partial charge on any atom is -0.423 e. The Labute approximate surface area is 128 Å². The highest BCUT2D eigenvalue weighted by molar-refractivity contribution is 9.10. The molecule has 2 aromatic carbocycles. The Morgan fingerprint density at radius 2 is 1.81 bits per heavy atom. The van der Waals surface area contributed by atoms with Crippen molar-refractivity contribution in [3.63, 3.8) is 0 Å². The molecular weight excluding hydrogens is 336 g/mol. The lowest BCUT2D eigenvalue weighted by molar-refractivity contribution is 0.0734. The van der Waals surface area contributed by atoms with E-state index in [0.29, 0.717) is 21.4 Å². The maximum atomic E-state index is 12.1. The third kappa shape index (κ3) is 2.87. The molecular formula is C16H9BrO4. The van der Waals surface area contributed by atoms with Gasteiger partial charge in [-0.25, -0.2) is 9.59 Å². The van der Waals surface area contributed by atoms with Crippen LogP contribution in [0.5, 0.6) is 5.75 Å². The van der Waals surface area contributed by atoms with Crippen LogP contribution in [0.15, 0.2) is 68.3 Å². The SMILES string of the molecule is O=C(Oc1ccc2ccc(=O)oc2c1)c1ccccc1Br. The van der Waals surface area contributed by atoms with Crippen LogP contribution in [0.25, 0.3) is 11.0 Å². The summed E-state index contributed by atoms with van der Waals surface area (Å²) >= 11 is 3.30. The van der Waals surface area contributed by atoms with Crippen LogP contribution in [-0.2, 0) is 0 Å². The summed E-state index contributed by atoms with van der Waals surface area (Å²) in [6.07, 6.45) is 0. The molecule has 0 bridgehead atoms. The van der Waals surface area contributed by atoms with Gasteiger partial charge in [-0.2, -0.15) is 0 Å². The van der Waals surface area contributed by atoms with E-state index in [-0.39, 0.29) is 0 Å². The van der Waals surface area contributed by atoms with Gasteiger partial charge in [0.2, 0.25) is 0 Å². The summed E-state index contributed by atoms with van der Waals surface area (Å²) in [5, 5.41) is 0.760. The van der Waals surface area contributed by atoms with Gasteiger partial charge in [-0.15, -0.1) is 0 Å². The summed E-state index contributed by atoms with van der Waals surface area (Å²) in [5.74, 6) is -0.169. The van der Waals surface area contributed by atoms with Crippen molar-refractivity contribution in [1.82, 2.24) is 0 Å². The van der Waals surface area contributed by atoms with Crippen molar-refractivity contribution >= 4 is 32.9 Å². The van der Waals surface area contributed by atoms with Crippen LogP contribution >= 0.6 is 15.9 Å². The summed E-state index contributed by atoms with van der Waals surface area (Å²) in [6, 6.07) is 14.9. The fourth-order valence-corrected chi connectivity index (χ4v) is 2.34. The van der Waals surface area contributed by atoms with Crippen molar-refractivity contribution in [2.45, 2.75) is 0 Å². The molecule has 1 aromatic heterocycles. The third-order valence-electron chi connectivity index (χ3n) is 2.90. The van der Waals surface area contributed by atoms with E-state index in [1.54, 1.807) is 36.4 Å². The quantitative estimate of drug-likeness (QED) is 0.403. The summed E-state index contributed by atoms with van der Waals surface area (Å²) in [5.41, 5.74) is 0.351. The normalized spacial score (nSPS) is 10.5. The Morgan fingerprint density at radius 1 is 1.05 bits per heavy atom. The molecule has 0 spiro atoms. The first-order valence-electron chi connectivity index (χ1n) is 6.14. The number of hydrogen-bond donors (Lipinski definition) is 0. The zero-order valence-electron chi connectivity index (χ0n) is 10.7. The van der Waals surface area contributed by atoms with Crippen LogP contribution in [0.2, 0.25) is 0 Å². The number of halogens is 1. The number of rotatable bonds is 2. The summed E-state index contributed by atoms with van der Waals surface area (Å²) in [7, 11) is 0. The van der Waals surface area contributed by atoms with E-state index < -0.39 is 11.6 Å². The number of esters is 1. The second-order valence-corrected chi connectivity index (χ2v) is 5.18. The van der Waals surface area contributed by atoms with Crippen LogP contribution in [-0.4, -0.2) is 5.97 Å². The number of fused-ring (bicyclic) bond motifs is 1. The second kappa shape index (κ2) is 5.54. The van der Waals surface area contributed by atoms with Gasteiger partial charge >= 0.3 is 11.6 Å². The Bertz CT molecular complexity index is 883. The molecule has 0 N–H and O–H groups in total. The molecule has 21 heavy (non-hydrogen) atoms. The molecule has 0 radical (unpaired) electrons. The first-order valence-corrected chi connectivity index (χ1v) is 6.93. The maximum absolute atomic E-state index is 12.1. The topological polar surface area (TPSA) is 56.5 Å². The van der Waals surface area contributed by atoms with Crippen LogP contribution in [0.4, 0.5) is 0 Å². The molecule has 0 saturated carbocycles. The van der Waals surface area contributed by atoms with E-state index in [9.17, 15) is 9.59 Å². The Kier molecular flexibility index (Phi) is 3.58. The molecule has 3 aromatic rings. The summed E-state index contributed by atoms with van der Waals surface area (Å²) < 4.78 is 11.0. The van der Waals surface area contributed by atoms with Crippen molar-refractivity contribution in [3.05, 3.63) is 75.1 Å². The van der Waals surface area contributed by atoms with Crippen molar-refractivity contribution in [2.24, 2.45) is 0 Å². The molecule has 5 heteroatoms. The van der Waals surface area contributed by atoms with Gasteiger partial charge in [0.1, 0.15) is 11.3 Å². The minimum absolute atomic E-state index is 0.317. The molecule has 0 aliphatic heterocycles. The Balaban J connectivity index is 1.93. The van der Waals surface area contributed by atoms with Crippen LogP contribution in [0.1, 0.15) is 10.4 Å². The molecule has 0 saturated heterocycles. The number of ether oxygens (including phenoxy) is 1. The molecule has 3 rings (SSSR count). The fraction of sp³-hybridized carbons (Fsp3) is 0. The van der Waals surface area contributed by atoms with Crippen molar-refractivity contribution < 1.29 is 13.9 Å². The van der Waals surface area contributed by atoms with Crippen molar-refractivity contribution in [2.75, 3.05) is 0 Å². The van der Waals surface area contributed by atoms with E-state index in [4.69, 9.17) is 9.15 Å². The lowest BCUT2D eigenvalue weighted by Crippen LogP contribution is -2.09. The van der Waals surface area contributed by atoms with Crippen LogP contribution in [0, 0.1) is 0 Å². The lowest BCUT2D eigenvalue weighted by atomic mass is 10.2. The largest absolute Gasteiger partial charge is 0.423 e. The summed E-state index contributed by atoms with van der Waals surface area (Å²) in [6.45, 7) is 0. The highest BCUT2D eigenvalue weighted by Gasteiger charge is 2.12. The molecule has 0 atom stereocenters. The predicted molar refractivity (Wildman–Crippen MR) is 81.6 cm³/mol. The van der Waals surface area contributed by atoms with Gasteiger partial charge in [-0.1, -0.05) is 12.1 Å². The zero-order chi connectivity index (χ0) is 14.8. The standard InChI is InChI=1S/C16H9BrO4/c17-13-4-2-1-3-12(13)16(19)20-11-7-5-10-6-8-15(18)21-14(10)9-11/h1-9H. The Morgan fingerprint density at radius 3 is 2.62 bits per heavy atom. The molecule has 1 heterocycles. The molecule has 0 fully saturated rings. The van der Waals surface area contributed by atoms with Crippen molar-refractivity contribution in [3.8, 4) is 5.75 Å².